The predicted octanol–water partition coefficient (Wildman–Crippen LogP) is 4.85. The number of fused-ring (bicyclic) bond motifs is 1. The molecule has 0 saturated heterocycles. The van der Waals surface area contributed by atoms with E-state index in [1.807, 2.05) is 31.2 Å². The quantitative estimate of drug-likeness (QED) is 0.257. The van der Waals surface area contributed by atoms with Gasteiger partial charge in [-0.15, -0.1) is 0 Å². The molecule has 0 radical (unpaired) electrons. The minimum Gasteiger partial charge on any atom is -0.496 e. The number of halogens is 2. The van der Waals surface area contributed by atoms with Gasteiger partial charge in [0, 0.05) is 10.6 Å². The Morgan fingerprint density at radius 2 is 1.89 bits per heavy atom. The van der Waals surface area contributed by atoms with Crippen molar-refractivity contribution in [3.63, 3.8) is 0 Å². The van der Waals surface area contributed by atoms with Crippen LogP contribution in [0.5, 0.6) is 11.5 Å². The summed E-state index contributed by atoms with van der Waals surface area (Å²) in [5, 5.41) is 0.461. The van der Waals surface area contributed by atoms with E-state index < -0.39 is 12.0 Å². The first-order valence-corrected chi connectivity index (χ1v) is 14.0. The van der Waals surface area contributed by atoms with E-state index in [0.29, 0.717) is 43.4 Å². The number of hydrogen-bond acceptors (Lipinski definition) is 7. The number of thiazole rings is 1. The number of esters is 1. The molecule has 2 heterocycles. The van der Waals surface area contributed by atoms with Crippen LogP contribution in [0.4, 0.5) is 0 Å². The second-order valence-electron chi connectivity index (χ2n) is 8.19. The van der Waals surface area contributed by atoms with Crippen molar-refractivity contribution in [3.8, 4) is 11.5 Å². The summed E-state index contributed by atoms with van der Waals surface area (Å²) in [6, 6.07) is 10.1. The smallest absolute Gasteiger partial charge is 0.338 e. The van der Waals surface area contributed by atoms with Gasteiger partial charge in [0.2, 0.25) is 0 Å². The second-order valence-corrected chi connectivity index (χ2v) is 10.8. The van der Waals surface area contributed by atoms with E-state index in [9.17, 15) is 9.59 Å². The zero-order chi connectivity index (χ0) is 26.7. The van der Waals surface area contributed by atoms with E-state index in [-0.39, 0.29) is 12.2 Å². The van der Waals surface area contributed by atoms with Crippen molar-refractivity contribution in [2.45, 2.75) is 32.7 Å². The normalized spacial score (nSPS) is 15.3. The fourth-order valence-corrected chi connectivity index (χ4v) is 6.22. The van der Waals surface area contributed by atoms with Gasteiger partial charge in [-0.05, 0) is 77.9 Å². The lowest BCUT2D eigenvalue weighted by atomic mass is 9.93. The molecule has 0 spiro atoms. The monoisotopic (exact) mass is 652 g/mol. The van der Waals surface area contributed by atoms with Crippen LogP contribution >= 0.6 is 45.5 Å². The number of aromatic nitrogens is 1. The molecule has 0 fully saturated rings. The van der Waals surface area contributed by atoms with E-state index in [1.165, 1.54) is 11.3 Å². The van der Waals surface area contributed by atoms with Crippen molar-refractivity contribution in [3.05, 3.63) is 87.1 Å². The van der Waals surface area contributed by atoms with Crippen LogP contribution in [0, 0.1) is 3.57 Å². The Morgan fingerprint density at radius 1 is 1.16 bits per heavy atom. The summed E-state index contributed by atoms with van der Waals surface area (Å²) in [6.45, 7) is 3.96. The Balaban J connectivity index is 2.03. The van der Waals surface area contributed by atoms with Gasteiger partial charge in [-0.2, -0.15) is 0 Å². The van der Waals surface area contributed by atoms with Crippen LogP contribution in [0.25, 0.3) is 6.08 Å². The molecule has 2 aromatic carbocycles. The molecule has 0 aliphatic carbocycles. The van der Waals surface area contributed by atoms with Crippen LogP contribution in [0.3, 0.4) is 0 Å². The van der Waals surface area contributed by atoms with E-state index in [2.05, 4.69) is 22.6 Å². The van der Waals surface area contributed by atoms with Gasteiger partial charge in [-0.25, -0.2) is 9.79 Å². The molecular weight excluding hydrogens is 627 g/mol. The number of allylic oxidation sites excluding steroid dienone is 1. The molecule has 1 aromatic heterocycles. The molecule has 0 amide bonds. The van der Waals surface area contributed by atoms with Gasteiger partial charge >= 0.3 is 5.97 Å². The second kappa shape index (κ2) is 11.8. The molecule has 1 aliphatic rings. The lowest BCUT2D eigenvalue weighted by Crippen LogP contribution is -2.40. The topological polar surface area (TPSA) is 79.1 Å². The molecule has 1 atom stereocenters. The van der Waals surface area contributed by atoms with Gasteiger partial charge in [-0.1, -0.05) is 42.3 Å². The summed E-state index contributed by atoms with van der Waals surface area (Å²) in [4.78, 5) is 32.5. The maximum Gasteiger partial charge on any atom is 0.338 e. The molecule has 10 heteroatoms. The van der Waals surface area contributed by atoms with Crippen molar-refractivity contribution in [1.82, 2.24) is 4.57 Å². The van der Waals surface area contributed by atoms with E-state index >= 15 is 0 Å². The van der Waals surface area contributed by atoms with Crippen molar-refractivity contribution in [2.24, 2.45) is 4.99 Å². The van der Waals surface area contributed by atoms with E-state index in [1.54, 1.807) is 43.9 Å². The molecule has 0 unspecified atom stereocenters. The highest BCUT2D eigenvalue weighted by Gasteiger charge is 2.36. The van der Waals surface area contributed by atoms with Gasteiger partial charge in [-0.3, -0.25) is 9.36 Å². The van der Waals surface area contributed by atoms with Gasteiger partial charge in [0.25, 0.3) is 5.56 Å². The summed E-state index contributed by atoms with van der Waals surface area (Å²) in [6.07, 6.45) is 3.14. The number of nitrogens with zero attached hydrogens (tertiary/aromatic N) is 2. The largest absolute Gasteiger partial charge is 0.496 e. The molecule has 1 aliphatic heterocycles. The summed E-state index contributed by atoms with van der Waals surface area (Å²) >= 11 is 9.86. The molecule has 7 nitrogen and oxygen atoms in total. The zero-order valence-electron chi connectivity index (χ0n) is 20.8. The van der Waals surface area contributed by atoms with Crippen LogP contribution in [-0.4, -0.2) is 31.4 Å². The molecule has 0 saturated carbocycles. The first-order chi connectivity index (χ1) is 17.8. The third-order valence-corrected chi connectivity index (χ3v) is 7.91. The minimum absolute atomic E-state index is 0.196. The molecule has 0 bridgehead atoms. The molecule has 0 N–H and O–H groups in total. The highest BCUT2D eigenvalue weighted by atomic mass is 127. The van der Waals surface area contributed by atoms with Crippen molar-refractivity contribution in [2.75, 3.05) is 20.8 Å². The first-order valence-electron chi connectivity index (χ1n) is 11.7. The third kappa shape index (κ3) is 5.49. The maximum atomic E-state index is 13.9. The van der Waals surface area contributed by atoms with Gasteiger partial charge in [0.15, 0.2) is 4.80 Å². The van der Waals surface area contributed by atoms with Crippen LogP contribution in [0.1, 0.15) is 43.9 Å². The Kier molecular flexibility index (Phi) is 8.76. The number of ether oxygens (including phenoxy) is 3. The van der Waals surface area contributed by atoms with Crippen LogP contribution in [-0.2, 0) is 9.53 Å². The maximum absolute atomic E-state index is 13.9. The van der Waals surface area contributed by atoms with Crippen LogP contribution in [0.2, 0.25) is 5.02 Å². The average molecular weight is 653 g/mol. The number of benzene rings is 2. The van der Waals surface area contributed by atoms with Crippen LogP contribution < -0.4 is 24.4 Å². The van der Waals surface area contributed by atoms with Crippen LogP contribution in [0.15, 0.2) is 57.5 Å². The molecular formula is C27H26ClIN2O5S. The van der Waals surface area contributed by atoms with Gasteiger partial charge in [0.1, 0.15) is 17.5 Å². The first kappa shape index (κ1) is 27.4. The average Bonchev–Trinajstić information content (AvgIpc) is 3.18. The Morgan fingerprint density at radius 3 is 2.54 bits per heavy atom. The summed E-state index contributed by atoms with van der Waals surface area (Å²) in [5.41, 5.74) is 2.10. The lowest BCUT2D eigenvalue weighted by molar-refractivity contribution is -0.139. The van der Waals surface area contributed by atoms with Crippen molar-refractivity contribution < 1.29 is 19.0 Å². The predicted molar refractivity (Wildman–Crippen MR) is 153 cm³/mol. The highest BCUT2D eigenvalue weighted by Crippen LogP contribution is 2.38. The van der Waals surface area contributed by atoms with E-state index in [0.717, 1.165) is 21.3 Å². The highest BCUT2D eigenvalue weighted by molar-refractivity contribution is 14.1. The minimum atomic E-state index is -0.802. The van der Waals surface area contributed by atoms with Crippen molar-refractivity contribution >= 4 is 57.6 Å². The molecule has 194 valence electrons. The van der Waals surface area contributed by atoms with Gasteiger partial charge < -0.3 is 14.2 Å². The SMILES string of the molecule is CCCC1=C(C(=O)OCC)[C@@H](c2cc(Cl)ccc2OC)n2c(s/c(=C/c3ccc(OC)c(I)c3)c2=O)=N1. The molecule has 37 heavy (non-hydrogen) atoms. The zero-order valence-corrected chi connectivity index (χ0v) is 24.6. The Labute approximate surface area is 237 Å². The fourth-order valence-electron chi connectivity index (χ4n) is 4.26. The standard InChI is InChI=1S/C27H26ClIN2O5S/c1-5-7-19-23(26(33)36-6-2)24(17-14-16(28)9-11-20(17)34-3)31-25(32)22(37-27(31)30-19)13-15-8-10-21(35-4)18(29)12-15/h8-14,24H,5-7H2,1-4H3/b22-13+/t24-/m1/s1. The molecule has 4 rings (SSSR count). The number of carbonyl (C=O) groups is 1. The van der Waals surface area contributed by atoms with Crippen molar-refractivity contribution in [1.29, 1.82) is 0 Å². The molecule has 3 aromatic rings. The Bertz CT molecular complexity index is 1560. The number of hydrogen-bond donors (Lipinski definition) is 0. The third-order valence-electron chi connectivity index (χ3n) is 5.85. The van der Waals surface area contributed by atoms with E-state index in [4.69, 9.17) is 30.8 Å². The number of rotatable bonds is 8. The Hall–Kier alpha value is -2.63. The van der Waals surface area contributed by atoms with Gasteiger partial charge in [0.05, 0.1) is 40.2 Å². The number of methoxy groups -OCH3 is 2. The fraction of sp³-hybridized carbons (Fsp3) is 0.296. The lowest BCUT2D eigenvalue weighted by Gasteiger charge is -2.27. The summed E-state index contributed by atoms with van der Waals surface area (Å²) < 4.78 is 19.4. The summed E-state index contributed by atoms with van der Waals surface area (Å²) in [7, 11) is 3.16. The summed E-state index contributed by atoms with van der Waals surface area (Å²) in [5.74, 6) is 0.754. The number of carbonyl (C=O) groups excluding carboxylic acids is 1.